The maximum absolute atomic E-state index is 10.5. The Morgan fingerprint density at radius 3 is 2.78 bits per heavy atom. The molecule has 1 aromatic heterocycles. The van der Waals surface area contributed by atoms with Gasteiger partial charge in [-0.1, -0.05) is 11.6 Å². The van der Waals surface area contributed by atoms with Crippen molar-refractivity contribution in [1.82, 2.24) is 0 Å². The van der Waals surface area contributed by atoms with Crippen molar-refractivity contribution in [3.63, 3.8) is 0 Å². The highest BCUT2D eigenvalue weighted by Crippen LogP contribution is 2.09. The van der Waals surface area contributed by atoms with Crippen molar-refractivity contribution in [2.45, 2.75) is 6.92 Å². The Labute approximate surface area is 58.3 Å². The van der Waals surface area contributed by atoms with E-state index in [1.165, 1.54) is 12.4 Å². The molecule has 2 nitrogen and oxygen atoms in total. The van der Waals surface area contributed by atoms with Gasteiger partial charge in [-0.25, -0.2) is 0 Å². The van der Waals surface area contributed by atoms with Gasteiger partial charge < -0.3 is 5.21 Å². The Morgan fingerprint density at radius 2 is 2.33 bits per heavy atom. The van der Waals surface area contributed by atoms with Gasteiger partial charge in [0, 0.05) is 6.07 Å². The third-order valence-electron chi connectivity index (χ3n) is 1.09. The largest absolute Gasteiger partial charge is 0.619 e. The second kappa shape index (κ2) is 2.23. The van der Waals surface area contributed by atoms with Crippen LogP contribution < -0.4 is 4.73 Å². The Morgan fingerprint density at radius 1 is 1.67 bits per heavy atom. The Kier molecular flexibility index (Phi) is 1.58. The van der Waals surface area contributed by atoms with Gasteiger partial charge >= 0.3 is 0 Å². The van der Waals surface area contributed by atoms with E-state index >= 15 is 0 Å². The van der Waals surface area contributed by atoms with Gasteiger partial charge in [0.2, 0.25) is 0 Å². The summed E-state index contributed by atoms with van der Waals surface area (Å²) >= 11 is 5.59. The summed E-state index contributed by atoms with van der Waals surface area (Å²) in [7, 11) is 0. The lowest BCUT2D eigenvalue weighted by Crippen LogP contribution is -2.24. The summed E-state index contributed by atoms with van der Waals surface area (Å²) < 4.78 is 0.676. The van der Waals surface area contributed by atoms with E-state index in [2.05, 4.69) is 0 Å². The number of hydrogen-bond donors (Lipinski definition) is 0. The average Bonchev–Trinajstić information content (AvgIpc) is 1.80. The molecular weight excluding hydrogens is 138 g/mol. The van der Waals surface area contributed by atoms with Crippen molar-refractivity contribution in [2.24, 2.45) is 0 Å². The van der Waals surface area contributed by atoms with Crippen LogP contribution in [0, 0.1) is 12.1 Å². The van der Waals surface area contributed by atoms with Crippen LogP contribution in [0.15, 0.2) is 18.5 Å². The fourth-order valence-electron chi connectivity index (χ4n) is 0.521. The normalized spacial score (nSPS) is 9.56. The van der Waals surface area contributed by atoms with Crippen molar-refractivity contribution >= 4 is 11.6 Å². The number of aryl methyl sites for hydroxylation is 1. The zero-order chi connectivity index (χ0) is 6.85. The van der Waals surface area contributed by atoms with Crippen LogP contribution in [0.3, 0.4) is 0 Å². The molecule has 0 bridgehead atoms. The Hall–Kier alpha value is -0.760. The van der Waals surface area contributed by atoms with Crippen LogP contribution in [0.5, 0.6) is 0 Å². The molecule has 0 aliphatic rings. The molecule has 1 rings (SSSR count). The van der Waals surface area contributed by atoms with Gasteiger partial charge in [-0.3, -0.25) is 0 Å². The summed E-state index contributed by atoms with van der Waals surface area (Å²) in [5, 5.41) is 11.0. The molecule has 0 spiro atoms. The van der Waals surface area contributed by atoms with E-state index < -0.39 is 0 Å². The molecule has 0 unspecified atom stereocenters. The van der Waals surface area contributed by atoms with Gasteiger partial charge in [-0.2, -0.15) is 4.73 Å². The number of halogens is 1. The molecule has 1 aromatic rings. The Bertz CT molecular complexity index is 224. The van der Waals surface area contributed by atoms with E-state index in [0.717, 1.165) is 5.56 Å². The number of hydrogen-bond acceptors (Lipinski definition) is 1. The van der Waals surface area contributed by atoms with E-state index in [1.54, 1.807) is 6.07 Å². The predicted molar refractivity (Wildman–Crippen MR) is 35.1 cm³/mol. The second-order valence-corrected chi connectivity index (χ2v) is 2.24. The molecular formula is C6H6ClNO. The number of rotatable bonds is 0. The number of pyridine rings is 1. The summed E-state index contributed by atoms with van der Waals surface area (Å²) in [5.74, 6) is 0. The lowest BCUT2D eigenvalue weighted by atomic mass is 10.3. The van der Waals surface area contributed by atoms with Crippen molar-refractivity contribution in [3.8, 4) is 0 Å². The van der Waals surface area contributed by atoms with Crippen molar-refractivity contribution in [1.29, 1.82) is 0 Å². The summed E-state index contributed by atoms with van der Waals surface area (Å²) in [6, 6.07) is 1.68. The van der Waals surface area contributed by atoms with E-state index in [4.69, 9.17) is 11.6 Å². The van der Waals surface area contributed by atoms with Crippen molar-refractivity contribution in [2.75, 3.05) is 0 Å². The van der Waals surface area contributed by atoms with E-state index in [1.807, 2.05) is 6.92 Å². The molecule has 0 radical (unpaired) electrons. The average molecular weight is 144 g/mol. The molecule has 0 fully saturated rings. The molecule has 1 heterocycles. The smallest absolute Gasteiger partial charge is 0.199 e. The fourth-order valence-corrected chi connectivity index (χ4v) is 0.681. The minimum absolute atomic E-state index is 0.507. The van der Waals surface area contributed by atoms with Crippen molar-refractivity contribution in [3.05, 3.63) is 34.3 Å². The molecule has 9 heavy (non-hydrogen) atoms. The molecule has 0 aliphatic carbocycles. The minimum atomic E-state index is 0.507. The van der Waals surface area contributed by atoms with Crippen LogP contribution in [-0.2, 0) is 0 Å². The fraction of sp³-hybridized carbons (Fsp3) is 0.167. The van der Waals surface area contributed by atoms with Gasteiger partial charge in [0.25, 0.3) is 0 Å². The lowest BCUT2D eigenvalue weighted by molar-refractivity contribution is -0.605. The zero-order valence-electron chi connectivity index (χ0n) is 4.97. The van der Waals surface area contributed by atoms with E-state index in [-0.39, 0.29) is 0 Å². The SMILES string of the molecule is Cc1cc[n+]([O-])cc1Cl. The highest BCUT2D eigenvalue weighted by atomic mass is 35.5. The van der Waals surface area contributed by atoms with Crippen LogP contribution in [0.2, 0.25) is 5.02 Å². The standard InChI is InChI=1S/C6H6ClNO/c1-5-2-3-8(9)4-6(5)7/h2-4H,1H3. The number of aromatic nitrogens is 1. The third-order valence-corrected chi connectivity index (χ3v) is 1.48. The van der Waals surface area contributed by atoms with E-state index in [0.29, 0.717) is 9.75 Å². The first-order valence-electron chi connectivity index (χ1n) is 2.55. The van der Waals surface area contributed by atoms with Gasteiger partial charge in [-0.05, 0) is 12.5 Å². The lowest BCUT2D eigenvalue weighted by Gasteiger charge is -1.96. The maximum atomic E-state index is 10.5. The molecule has 0 amide bonds. The third kappa shape index (κ3) is 1.33. The van der Waals surface area contributed by atoms with Gasteiger partial charge in [0.05, 0.1) is 0 Å². The molecule has 0 aromatic carbocycles. The maximum Gasteiger partial charge on any atom is 0.199 e. The monoisotopic (exact) mass is 143 g/mol. The quantitative estimate of drug-likeness (QED) is 0.397. The van der Waals surface area contributed by atoms with Crippen LogP contribution in [0.1, 0.15) is 5.56 Å². The van der Waals surface area contributed by atoms with Gasteiger partial charge in [0.1, 0.15) is 5.02 Å². The predicted octanol–water partition coefficient (Wildman–Crippen LogP) is 1.28. The minimum Gasteiger partial charge on any atom is -0.619 e. The molecule has 0 saturated heterocycles. The summed E-state index contributed by atoms with van der Waals surface area (Å²) in [6.45, 7) is 1.85. The molecule has 0 atom stereocenters. The first-order valence-corrected chi connectivity index (χ1v) is 2.93. The first kappa shape index (κ1) is 6.36. The first-order chi connectivity index (χ1) is 4.20. The molecule has 0 aliphatic heterocycles. The van der Waals surface area contributed by atoms with Crippen LogP contribution >= 0.6 is 11.6 Å². The van der Waals surface area contributed by atoms with Gasteiger partial charge in [0.15, 0.2) is 12.4 Å². The molecule has 3 heteroatoms. The highest BCUT2D eigenvalue weighted by molar-refractivity contribution is 6.31. The second-order valence-electron chi connectivity index (χ2n) is 1.84. The summed E-state index contributed by atoms with van der Waals surface area (Å²) in [4.78, 5) is 0. The Balaban J connectivity index is 3.17. The van der Waals surface area contributed by atoms with Crippen LogP contribution in [-0.4, -0.2) is 0 Å². The molecule has 0 saturated carbocycles. The zero-order valence-corrected chi connectivity index (χ0v) is 5.72. The highest BCUT2D eigenvalue weighted by Gasteiger charge is 1.96. The molecule has 0 N–H and O–H groups in total. The number of nitrogens with zero attached hydrogens (tertiary/aromatic N) is 1. The van der Waals surface area contributed by atoms with Crippen LogP contribution in [0.25, 0.3) is 0 Å². The van der Waals surface area contributed by atoms with Crippen molar-refractivity contribution < 1.29 is 4.73 Å². The topological polar surface area (TPSA) is 26.9 Å². The summed E-state index contributed by atoms with van der Waals surface area (Å²) in [6.07, 6.45) is 2.75. The van der Waals surface area contributed by atoms with Gasteiger partial charge in [-0.15, -0.1) is 0 Å². The van der Waals surface area contributed by atoms with Crippen LogP contribution in [0.4, 0.5) is 0 Å². The van der Waals surface area contributed by atoms with E-state index in [9.17, 15) is 5.21 Å². The molecule has 48 valence electrons. The summed E-state index contributed by atoms with van der Waals surface area (Å²) in [5.41, 5.74) is 0.920.